The van der Waals surface area contributed by atoms with Crippen molar-refractivity contribution in [3.05, 3.63) is 88.4 Å². The van der Waals surface area contributed by atoms with Crippen molar-refractivity contribution in [1.82, 2.24) is 5.32 Å². The lowest BCUT2D eigenvalue weighted by Crippen LogP contribution is -2.42. The highest BCUT2D eigenvalue weighted by atomic mass is 35.5. The van der Waals surface area contributed by atoms with Gasteiger partial charge in [-0.05, 0) is 85.5 Å². The van der Waals surface area contributed by atoms with Crippen LogP contribution in [0, 0.1) is 13.8 Å². The van der Waals surface area contributed by atoms with Crippen molar-refractivity contribution in [2.24, 2.45) is 0 Å². The average molecular weight is 501 g/mol. The van der Waals surface area contributed by atoms with E-state index >= 15 is 0 Å². The molecule has 0 radical (unpaired) electrons. The number of aryl methyl sites for hydroxylation is 3. The Balaban J connectivity index is 1.71. The summed E-state index contributed by atoms with van der Waals surface area (Å²) >= 11 is 5.93. The summed E-state index contributed by atoms with van der Waals surface area (Å²) in [6.07, 6.45) is 0.951. The van der Waals surface area contributed by atoms with Crippen LogP contribution < -0.4 is 14.4 Å². The lowest BCUT2D eigenvalue weighted by molar-refractivity contribution is -0.119. The number of nitrogens with one attached hydrogen (secondary N) is 1. The fourth-order valence-electron chi connectivity index (χ4n) is 3.30. The van der Waals surface area contributed by atoms with Crippen molar-refractivity contribution in [3.63, 3.8) is 0 Å². The molecule has 0 aliphatic carbocycles. The first kappa shape index (κ1) is 25.6. The molecule has 6 nitrogen and oxygen atoms in total. The number of carbonyl (C=O) groups excluding carboxylic acids is 1. The van der Waals surface area contributed by atoms with Crippen LogP contribution in [0.1, 0.15) is 23.6 Å². The van der Waals surface area contributed by atoms with Crippen LogP contribution in [0.3, 0.4) is 0 Å². The second-order valence-electron chi connectivity index (χ2n) is 7.93. The molecule has 0 saturated carbocycles. The van der Waals surface area contributed by atoms with E-state index in [2.05, 4.69) is 12.2 Å². The first-order valence-electron chi connectivity index (χ1n) is 11.0. The normalized spacial score (nSPS) is 11.2. The van der Waals surface area contributed by atoms with Gasteiger partial charge in [-0.25, -0.2) is 8.42 Å². The summed E-state index contributed by atoms with van der Waals surface area (Å²) in [5.41, 5.74) is 3.59. The first-order valence-corrected chi connectivity index (χ1v) is 12.9. The number of hydrogen-bond acceptors (Lipinski definition) is 4. The van der Waals surface area contributed by atoms with Gasteiger partial charge in [0.2, 0.25) is 5.91 Å². The number of benzene rings is 3. The second kappa shape index (κ2) is 11.4. The van der Waals surface area contributed by atoms with Gasteiger partial charge < -0.3 is 10.1 Å². The second-order valence-corrected chi connectivity index (χ2v) is 10.2. The molecule has 0 spiro atoms. The molecule has 0 aliphatic heterocycles. The largest absolute Gasteiger partial charge is 0.492 e. The molecule has 0 atom stereocenters. The molecule has 0 aromatic heterocycles. The van der Waals surface area contributed by atoms with Crippen molar-refractivity contribution < 1.29 is 17.9 Å². The van der Waals surface area contributed by atoms with E-state index in [1.54, 1.807) is 12.1 Å². The number of anilines is 1. The molecule has 0 fully saturated rings. The SMILES string of the molecule is CCc1ccc(OCCNC(=O)CN(c2ccc(C)c(C)c2)S(=O)(=O)c2ccc(Cl)cc2)cc1. The number of hydrogen-bond donors (Lipinski definition) is 1. The Morgan fingerprint density at radius 2 is 1.65 bits per heavy atom. The average Bonchev–Trinajstić information content (AvgIpc) is 2.82. The quantitative estimate of drug-likeness (QED) is 0.401. The molecule has 0 heterocycles. The smallest absolute Gasteiger partial charge is 0.264 e. The highest BCUT2D eigenvalue weighted by Gasteiger charge is 2.27. The zero-order valence-corrected chi connectivity index (χ0v) is 21.1. The van der Waals surface area contributed by atoms with Crippen LogP contribution in [-0.4, -0.2) is 34.0 Å². The number of sulfonamides is 1. The van der Waals surface area contributed by atoms with E-state index in [9.17, 15) is 13.2 Å². The maximum absolute atomic E-state index is 13.4. The molecule has 1 amide bonds. The Morgan fingerprint density at radius 3 is 2.26 bits per heavy atom. The Kier molecular flexibility index (Phi) is 8.58. The summed E-state index contributed by atoms with van der Waals surface area (Å²) in [5.74, 6) is 0.286. The summed E-state index contributed by atoms with van der Waals surface area (Å²) in [6, 6.07) is 19.0. The Morgan fingerprint density at radius 1 is 0.971 bits per heavy atom. The van der Waals surface area contributed by atoms with Gasteiger partial charge in [-0.2, -0.15) is 0 Å². The van der Waals surface area contributed by atoms with Gasteiger partial charge in [0, 0.05) is 5.02 Å². The van der Waals surface area contributed by atoms with Crippen LogP contribution in [0.15, 0.2) is 71.6 Å². The molecule has 8 heteroatoms. The minimum atomic E-state index is -3.99. The molecule has 1 N–H and O–H groups in total. The Labute approximate surface area is 206 Å². The highest BCUT2D eigenvalue weighted by Crippen LogP contribution is 2.26. The van der Waals surface area contributed by atoms with Crippen molar-refractivity contribution >= 4 is 33.2 Å². The molecule has 0 bridgehead atoms. The van der Waals surface area contributed by atoms with Gasteiger partial charge in [-0.15, -0.1) is 0 Å². The predicted octanol–water partition coefficient (Wildman–Crippen LogP) is 4.91. The number of nitrogens with zero attached hydrogens (tertiary/aromatic N) is 1. The third-order valence-electron chi connectivity index (χ3n) is 5.49. The predicted molar refractivity (Wildman–Crippen MR) is 136 cm³/mol. The van der Waals surface area contributed by atoms with Gasteiger partial charge in [-0.1, -0.05) is 36.7 Å². The highest BCUT2D eigenvalue weighted by molar-refractivity contribution is 7.92. The standard InChI is InChI=1S/C26H29ClN2O4S/c1-4-21-6-11-24(12-7-21)33-16-15-28-26(30)18-29(23-10-5-19(2)20(3)17-23)34(31,32)25-13-8-22(27)9-14-25/h5-14,17H,4,15-16,18H2,1-3H3,(H,28,30). The van der Waals surface area contributed by atoms with Crippen molar-refractivity contribution in [3.8, 4) is 5.75 Å². The molecule has 0 aliphatic rings. The number of carbonyl (C=O) groups is 1. The topological polar surface area (TPSA) is 75.7 Å². The number of halogens is 1. The molecular weight excluding hydrogens is 472 g/mol. The van der Waals surface area contributed by atoms with E-state index in [4.69, 9.17) is 16.3 Å². The van der Waals surface area contributed by atoms with Crippen LogP contribution in [0.5, 0.6) is 5.75 Å². The molecule has 3 aromatic rings. The van der Waals surface area contributed by atoms with Gasteiger partial charge in [0.15, 0.2) is 0 Å². The van der Waals surface area contributed by atoms with Gasteiger partial charge in [0.05, 0.1) is 17.1 Å². The number of amides is 1. The maximum atomic E-state index is 13.4. The van der Waals surface area contributed by atoms with Crippen molar-refractivity contribution in [2.45, 2.75) is 32.1 Å². The molecule has 180 valence electrons. The molecule has 3 aromatic carbocycles. The van der Waals surface area contributed by atoms with Crippen LogP contribution in [0.2, 0.25) is 5.02 Å². The Bertz CT molecular complexity index is 1230. The third-order valence-corrected chi connectivity index (χ3v) is 7.53. The summed E-state index contributed by atoms with van der Waals surface area (Å²) < 4.78 is 33.6. The molecular formula is C26H29ClN2O4S. The monoisotopic (exact) mass is 500 g/mol. The minimum absolute atomic E-state index is 0.0572. The fraction of sp³-hybridized carbons (Fsp3) is 0.269. The lowest BCUT2D eigenvalue weighted by atomic mass is 10.1. The third kappa shape index (κ3) is 6.52. The maximum Gasteiger partial charge on any atom is 0.264 e. The fourth-order valence-corrected chi connectivity index (χ4v) is 4.84. The number of rotatable bonds is 10. The first-order chi connectivity index (χ1) is 16.2. The Hall–Kier alpha value is -3.03. The van der Waals surface area contributed by atoms with Gasteiger partial charge in [0.25, 0.3) is 10.0 Å². The lowest BCUT2D eigenvalue weighted by Gasteiger charge is -2.25. The van der Waals surface area contributed by atoms with E-state index in [0.29, 0.717) is 16.5 Å². The number of ether oxygens (including phenoxy) is 1. The van der Waals surface area contributed by atoms with Gasteiger partial charge in [-0.3, -0.25) is 9.10 Å². The summed E-state index contributed by atoms with van der Waals surface area (Å²) in [4.78, 5) is 12.8. The van der Waals surface area contributed by atoms with Crippen molar-refractivity contribution in [1.29, 1.82) is 0 Å². The molecule has 34 heavy (non-hydrogen) atoms. The zero-order chi connectivity index (χ0) is 24.7. The van der Waals surface area contributed by atoms with E-state index in [-0.39, 0.29) is 24.6 Å². The van der Waals surface area contributed by atoms with Crippen molar-refractivity contribution in [2.75, 3.05) is 24.0 Å². The van der Waals surface area contributed by atoms with Crippen LogP contribution in [-0.2, 0) is 21.2 Å². The molecule has 3 rings (SSSR count). The van der Waals surface area contributed by atoms with E-state index < -0.39 is 15.9 Å². The van der Waals surface area contributed by atoms with E-state index in [1.807, 2.05) is 44.2 Å². The molecule has 0 saturated heterocycles. The van der Waals surface area contributed by atoms with E-state index in [1.165, 1.54) is 29.8 Å². The summed E-state index contributed by atoms with van der Waals surface area (Å²) in [7, 11) is -3.99. The molecule has 0 unspecified atom stereocenters. The van der Waals surface area contributed by atoms with Crippen LogP contribution in [0.25, 0.3) is 0 Å². The minimum Gasteiger partial charge on any atom is -0.492 e. The summed E-state index contributed by atoms with van der Waals surface area (Å²) in [6.45, 7) is 6.08. The van der Waals surface area contributed by atoms with Crippen LogP contribution >= 0.6 is 11.6 Å². The zero-order valence-electron chi connectivity index (χ0n) is 19.5. The van der Waals surface area contributed by atoms with E-state index in [0.717, 1.165) is 21.9 Å². The summed E-state index contributed by atoms with van der Waals surface area (Å²) in [5, 5.41) is 3.17. The van der Waals surface area contributed by atoms with Gasteiger partial charge in [0.1, 0.15) is 18.9 Å². The van der Waals surface area contributed by atoms with Gasteiger partial charge >= 0.3 is 0 Å². The van der Waals surface area contributed by atoms with Crippen LogP contribution in [0.4, 0.5) is 5.69 Å².